The zero-order chi connectivity index (χ0) is 18.6. The molecule has 1 saturated carbocycles. The van der Waals surface area contributed by atoms with E-state index in [-0.39, 0.29) is 17.5 Å². The number of carbonyl (C=O) groups excluding carboxylic acids is 3. The molecule has 1 aliphatic rings. The molecule has 2 N–H and O–H groups in total. The van der Waals surface area contributed by atoms with Crippen molar-refractivity contribution in [1.82, 2.24) is 5.32 Å². The minimum atomic E-state index is -0.640. The van der Waals surface area contributed by atoms with Crippen LogP contribution in [-0.4, -0.2) is 30.9 Å². The largest absolute Gasteiger partial charge is 0.466 e. The van der Waals surface area contributed by atoms with Crippen molar-refractivity contribution in [3.63, 3.8) is 0 Å². The molecule has 2 rings (SSSR count). The van der Waals surface area contributed by atoms with E-state index in [1.807, 2.05) is 6.92 Å². The third-order valence-electron chi connectivity index (χ3n) is 4.05. The van der Waals surface area contributed by atoms with Crippen molar-refractivity contribution in [2.75, 3.05) is 12.4 Å². The van der Waals surface area contributed by atoms with Crippen LogP contribution in [0.1, 0.15) is 35.7 Å². The van der Waals surface area contributed by atoms with E-state index < -0.39 is 11.9 Å². The van der Waals surface area contributed by atoms with Crippen LogP contribution in [0.3, 0.4) is 0 Å². The highest BCUT2D eigenvalue weighted by Gasteiger charge is 2.29. The second-order valence-corrected chi connectivity index (χ2v) is 6.53. The number of hydrogen-bond acceptors (Lipinski definition) is 4. The van der Waals surface area contributed by atoms with Crippen molar-refractivity contribution >= 4 is 35.1 Å². The lowest BCUT2D eigenvalue weighted by Gasteiger charge is -2.17. The second kappa shape index (κ2) is 8.16. The summed E-state index contributed by atoms with van der Waals surface area (Å²) in [5.74, 6) is -0.971. The van der Waals surface area contributed by atoms with E-state index in [2.05, 4.69) is 15.4 Å². The van der Waals surface area contributed by atoms with E-state index in [1.54, 1.807) is 13.0 Å². The van der Waals surface area contributed by atoms with Gasteiger partial charge in [0.15, 0.2) is 0 Å². The number of amides is 2. The van der Waals surface area contributed by atoms with E-state index in [9.17, 15) is 14.4 Å². The lowest BCUT2D eigenvalue weighted by Crippen LogP contribution is -2.34. The maximum Gasteiger partial charge on any atom is 0.330 e. The van der Waals surface area contributed by atoms with Gasteiger partial charge in [0, 0.05) is 23.2 Å². The fraction of sp³-hybridized carbons (Fsp3) is 0.389. The quantitative estimate of drug-likeness (QED) is 0.600. The Hall–Kier alpha value is -2.34. The van der Waals surface area contributed by atoms with Gasteiger partial charge in [-0.2, -0.15) is 0 Å². The third kappa shape index (κ3) is 5.32. The van der Waals surface area contributed by atoms with Gasteiger partial charge in [-0.15, -0.1) is 0 Å². The van der Waals surface area contributed by atoms with E-state index in [0.29, 0.717) is 22.2 Å². The average molecular weight is 365 g/mol. The summed E-state index contributed by atoms with van der Waals surface area (Å²) in [7, 11) is 1.22. The first-order valence-electron chi connectivity index (χ1n) is 7.99. The molecule has 0 radical (unpaired) electrons. The summed E-state index contributed by atoms with van der Waals surface area (Å²) in [6.07, 6.45) is 4.28. The van der Waals surface area contributed by atoms with Gasteiger partial charge in [-0.3, -0.25) is 9.59 Å². The van der Waals surface area contributed by atoms with Gasteiger partial charge in [-0.25, -0.2) is 4.79 Å². The molecule has 6 nitrogen and oxygen atoms in total. The number of halogens is 1. The van der Waals surface area contributed by atoms with Gasteiger partial charge in [0.1, 0.15) is 0 Å². The number of benzene rings is 1. The van der Waals surface area contributed by atoms with Gasteiger partial charge in [-0.05, 0) is 50.3 Å². The summed E-state index contributed by atoms with van der Waals surface area (Å²) in [6.45, 7) is 3.71. The Kier molecular flexibility index (Phi) is 6.20. The summed E-state index contributed by atoms with van der Waals surface area (Å²) >= 11 is 6.07. The molecule has 7 heteroatoms. The van der Waals surface area contributed by atoms with Crippen LogP contribution in [0.4, 0.5) is 5.69 Å². The molecule has 1 unspecified atom stereocenters. The Morgan fingerprint density at radius 3 is 2.56 bits per heavy atom. The number of rotatable bonds is 6. The zero-order valence-electron chi connectivity index (χ0n) is 14.4. The van der Waals surface area contributed by atoms with Crippen LogP contribution in [0.5, 0.6) is 0 Å². The highest BCUT2D eigenvalue weighted by Crippen LogP contribution is 2.33. The standard InChI is InChI=1S/C18H21ClN2O4/c1-10-8-13(19)9-14(18(24)20-11(2)12-4-5-12)17(10)21-15(22)6-7-16(23)25-3/h6-9,11-12H,4-5H2,1-3H3,(H,20,24)(H,21,22)/b7-6-. The Balaban J connectivity index is 2.21. The van der Waals surface area contributed by atoms with Gasteiger partial charge in [0.25, 0.3) is 5.91 Å². The molecule has 0 bridgehead atoms. The molecule has 2 amide bonds. The van der Waals surface area contributed by atoms with Crippen LogP contribution in [-0.2, 0) is 14.3 Å². The Morgan fingerprint density at radius 2 is 1.96 bits per heavy atom. The average Bonchev–Trinajstić information content (AvgIpc) is 3.39. The first kappa shape index (κ1) is 19.0. The molecule has 0 aliphatic heterocycles. The smallest absolute Gasteiger partial charge is 0.330 e. The summed E-state index contributed by atoms with van der Waals surface area (Å²) in [6, 6.07) is 3.24. The number of methoxy groups -OCH3 is 1. The zero-order valence-corrected chi connectivity index (χ0v) is 15.1. The molecule has 1 fully saturated rings. The molecule has 1 aromatic carbocycles. The normalized spacial score (nSPS) is 14.9. The SMILES string of the molecule is COC(=O)/C=C\C(=O)Nc1c(C)cc(Cl)cc1C(=O)NC(C)C1CC1. The van der Waals surface area contributed by atoms with Crippen molar-refractivity contribution in [3.05, 3.63) is 40.4 Å². The molecule has 134 valence electrons. The highest BCUT2D eigenvalue weighted by molar-refractivity contribution is 6.31. The molecular weight excluding hydrogens is 344 g/mol. The molecule has 0 aromatic heterocycles. The fourth-order valence-electron chi connectivity index (χ4n) is 2.46. The molecule has 1 aromatic rings. The van der Waals surface area contributed by atoms with Gasteiger partial charge in [-0.1, -0.05) is 11.6 Å². The van der Waals surface area contributed by atoms with Gasteiger partial charge in [0.2, 0.25) is 5.91 Å². The van der Waals surface area contributed by atoms with Crippen molar-refractivity contribution in [3.8, 4) is 0 Å². The maximum atomic E-state index is 12.6. The molecule has 1 atom stereocenters. The van der Waals surface area contributed by atoms with Gasteiger partial charge in [0.05, 0.1) is 18.4 Å². The van der Waals surface area contributed by atoms with Gasteiger partial charge < -0.3 is 15.4 Å². The number of ether oxygens (including phenoxy) is 1. The molecule has 0 spiro atoms. The van der Waals surface area contributed by atoms with Crippen LogP contribution in [0, 0.1) is 12.8 Å². The molecule has 0 heterocycles. The fourth-order valence-corrected chi connectivity index (χ4v) is 2.74. The summed E-state index contributed by atoms with van der Waals surface area (Å²) in [4.78, 5) is 35.7. The number of aryl methyl sites for hydroxylation is 1. The minimum Gasteiger partial charge on any atom is -0.466 e. The summed E-state index contributed by atoms with van der Waals surface area (Å²) in [5.41, 5.74) is 1.30. The number of nitrogens with one attached hydrogen (secondary N) is 2. The predicted octanol–water partition coefficient (Wildman–Crippen LogP) is 2.84. The molecule has 25 heavy (non-hydrogen) atoms. The summed E-state index contributed by atoms with van der Waals surface area (Å²) < 4.78 is 4.44. The molecular formula is C18H21ClN2O4. The van der Waals surface area contributed by atoms with Crippen LogP contribution in [0.15, 0.2) is 24.3 Å². The van der Waals surface area contributed by atoms with Crippen molar-refractivity contribution < 1.29 is 19.1 Å². The number of hydrogen-bond donors (Lipinski definition) is 2. The number of esters is 1. The minimum absolute atomic E-state index is 0.0644. The Labute approximate surface area is 151 Å². The predicted molar refractivity (Wildman–Crippen MR) is 95.6 cm³/mol. The topological polar surface area (TPSA) is 84.5 Å². The number of carbonyl (C=O) groups is 3. The summed E-state index contributed by atoms with van der Waals surface area (Å²) in [5, 5.41) is 5.98. The van der Waals surface area contributed by atoms with Crippen LogP contribution < -0.4 is 10.6 Å². The third-order valence-corrected chi connectivity index (χ3v) is 4.27. The van der Waals surface area contributed by atoms with Crippen molar-refractivity contribution in [2.24, 2.45) is 5.92 Å². The van der Waals surface area contributed by atoms with Gasteiger partial charge >= 0.3 is 5.97 Å². The highest BCUT2D eigenvalue weighted by atomic mass is 35.5. The first-order valence-corrected chi connectivity index (χ1v) is 8.37. The lowest BCUT2D eigenvalue weighted by atomic mass is 10.1. The molecule has 0 saturated heterocycles. The van der Waals surface area contributed by atoms with Crippen molar-refractivity contribution in [2.45, 2.75) is 32.7 Å². The lowest BCUT2D eigenvalue weighted by molar-refractivity contribution is -0.135. The van der Waals surface area contributed by atoms with Crippen LogP contribution in [0.2, 0.25) is 5.02 Å². The molecule has 1 aliphatic carbocycles. The maximum absolute atomic E-state index is 12.6. The van der Waals surface area contributed by atoms with Crippen LogP contribution >= 0.6 is 11.6 Å². The van der Waals surface area contributed by atoms with Crippen LogP contribution in [0.25, 0.3) is 0 Å². The van der Waals surface area contributed by atoms with E-state index in [0.717, 1.165) is 25.0 Å². The van der Waals surface area contributed by atoms with E-state index in [1.165, 1.54) is 13.2 Å². The van der Waals surface area contributed by atoms with Crippen molar-refractivity contribution in [1.29, 1.82) is 0 Å². The second-order valence-electron chi connectivity index (χ2n) is 6.09. The number of anilines is 1. The van der Waals surface area contributed by atoms with E-state index in [4.69, 9.17) is 11.6 Å². The first-order chi connectivity index (χ1) is 11.8. The monoisotopic (exact) mass is 364 g/mol. The Bertz CT molecular complexity index is 726. The Morgan fingerprint density at radius 1 is 1.28 bits per heavy atom. The van der Waals surface area contributed by atoms with E-state index >= 15 is 0 Å².